The van der Waals surface area contributed by atoms with E-state index in [1.165, 1.54) is 0 Å². The lowest BCUT2D eigenvalue weighted by molar-refractivity contribution is -0.125. The molecule has 1 aromatic rings. The fourth-order valence-corrected chi connectivity index (χ4v) is 2.69. The molecule has 0 unspecified atom stereocenters. The Morgan fingerprint density at radius 3 is 2.95 bits per heavy atom. The first-order valence-electron chi connectivity index (χ1n) is 7.53. The highest BCUT2D eigenvalue weighted by atomic mass is 16.2. The summed E-state index contributed by atoms with van der Waals surface area (Å²) in [5, 5.41) is 3.12. The van der Waals surface area contributed by atoms with Crippen LogP contribution in [0, 0.1) is 5.92 Å². The zero-order chi connectivity index (χ0) is 14.4. The number of hydrogen-bond acceptors (Lipinski definition) is 4. The smallest absolute Gasteiger partial charge is 0.225 e. The van der Waals surface area contributed by atoms with Gasteiger partial charge in [0.2, 0.25) is 11.9 Å². The first kappa shape index (κ1) is 14.8. The average molecular weight is 276 g/mol. The van der Waals surface area contributed by atoms with Crippen molar-refractivity contribution >= 4 is 11.9 Å². The molecular formula is C15H24N4O. The van der Waals surface area contributed by atoms with Crippen molar-refractivity contribution in [2.45, 2.75) is 45.6 Å². The number of rotatable bonds is 5. The predicted octanol–water partition coefficient (Wildman–Crippen LogP) is 2.00. The normalized spacial score (nSPS) is 20.5. The summed E-state index contributed by atoms with van der Waals surface area (Å²) in [5.74, 6) is 0.949. The van der Waals surface area contributed by atoms with Gasteiger partial charge >= 0.3 is 0 Å². The molecule has 1 N–H and O–H groups in total. The van der Waals surface area contributed by atoms with Crippen LogP contribution < -0.4 is 10.2 Å². The van der Waals surface area contributed by atoms with Crippen molar-refractivity contribution in [1.29, 1.82) is 0 Å². The Bertz CT molecular complexity index is 423. The number of anilines is 1. The van der Waals surface area contributed by atoms with Crippen LogP contribution in [0.5, 0.6) is 0 Å². The van der Waals surface area contributed by atoms with Gasteiger partial charge in [0, 0.05) is 31.5 Å². The second-order valence-electron chi connectivity index (χ2n) is 5.53. The fourth-order valence-electron chi connectivity index (χ4n) is 2.69. The molecule has 2 atom stereocenters. The Morgan fingerprint density at radius 1 is 1.50 bits per heavy atom. The van der Waals surface area contributed by atoms with Crippen molar-refractivity contribution in [3.63, 3.8) is 0 Å². The Morgan fingerprint density at radius 2 is 2.25 bits per heavy atom. The molecule has 110 valence electrons. The van der Waals surface area contributed by atoms with Crippen molar-refractivity contribution in [3.05, 3.63) is 18.5 Å². The first-order valence-corrected chi connectivity index (χ1v) is 7.53. The fraction of sp³-hybridized carbons (Fsp3) is 0.667. The van der Waals surface area contributed by atoms with Crippen LogP contribution in [-0.2, 0) is 4.79 Å². The Labute approximate surface area is 120 Å². The third-order valence-corrected chi connectivity index (χ3v) is 3.74. The lowest BCUT2D eigenvalue weighted by Crippen LogP contribution is -2.45. The summed E-state index contributed by atoms with van der Waals surface area (Å²) in [7, 11) is 0. The van der Waals surface area contributed by atoms with Crippen molar-refractivity contribution in [2.24, 2.45) is 5.92 Å². The van der Waals surface area contributed by atoms with Crippen LogP contribution in [0.2, 0.25) is 0 Å². The van der Waals surface area contributed by atoms with E-state index in [9.17, 15) is 4.79 Å². The van der Waals surface area contributed by atoms with Gasteiger partial charge in [-0.15, -0.1) is 0 Å². The Balaban J connectivity index is 1.91. The molecular weight excluding hydrogens is 252 g/mol. The zero-order valence-corrected chi connectivity index (χ0v) is 12.4. The van der Waals surface area contributed by atoms with Gasteiger partial charge in [-0.25, -0.2) is 9.97 Å². The number of nitrogens with one attached hydrogen (secondary N) is 1. The molecule has 20 heavy (non-hydrogen) atoms. The molecule has 1 aliphatic heterocycles. The molecule has 1 aliphatic rings. The van der Waals surface area contributed by atoms with Gasteiger partial charge in [0.25, 0.3) is 0 Å². The zero-order valence-electron chi connectivity index (χ0n) is 12.4. The lowest BCUT2D eigenvalue weighted by Gasteiger charge is -2.32. The van der Waals surface area contributed by atoms with Gasteiger partial charge in [0.05, 0.1) is 5.92 Å². The summed E-state index contributed by atoms with van der Waals surface area (Å²) in [5.41, 5.74) is 0. The van der Waals surface area contributed by atoms with E-state index in [1.54, 1.807) is 12.4 Å². The van der Waals surface area contributed by atoms with E-state index < -0.39 is 0 Å². The molecule has 2 heterocycles. The summed E-state index contributed by atoms with van der Waals surface area (Å²) >= 11 is 0. The second kappa shape index (κ2) is 7.22. The molecule has 1 fully saturated rings. The van der Waals surface area contributed by atoms with Crippen LogP contribution in [-0.4, -0.2) is 35.0 Å². The molecule has 5 nitrogen and oxygen atoms in total. The molecule has 5 heteroatoms. The molecule has 0 aliphatic carbocycles. The number of aromatic nitrogens is 2. The number of carbonyl (C=O) groups is 1. The quantitative estimate of drug-likeness (QED) is 0.893. The molecule has 1 amide bonds. The number of carbonyl (C=O) groups excluding carboxylic acids is 1. The monoisotopic (exact) mass is 276 g/mol. The number of amides is 1. The second-order valence-corrected chi connectivity index (χ2v) is 5.53. The van der Waals surface area contributed by atoms with Crippen molar-refractivity contribution < 1.29 is 4.79 Å². The summed E-state index contributed by atoms with van der Waals surface area (Å²) in [6.07, 6.45) is 7.58. The van der Waals surface area contributed by atoms with Gasteiger partial charge in [-0.2, -0.15) is 0 Å². The topological polar surface area (TPSA) is 58.1 Å². The highest BCUT2D eigenvalue weighted by Gasteiger charge is 2.27. The van der Waals surface area contributed by atoms with Crippen molar-refractivity contribution in [3.8, 4) is 0 Å². The molecule has 0 spiro atoms. The van der Waals surface area contributed by atoms with Crippen LogP contribution in [0.3, 0.4) is 0 Å². The molecule has 2 rings (SSSR count). The van der Waals surface area contributed by atoms with E-state index in [0.29, 0.717) is 6.54 Å². The summed E-state index contributed by atoms with van der Waals surface area (Å²) < 4.78 is 0. The first-order chi connectivity index (χ1) is 9.70. The molecule has 0 saturated carbocycles. The van der Waals surface area contributed by atoms with E-state index in [2.05, 4.69) is 34.0 Å². The third kappa shape index (κ3) is 3.92. The van der Waals surface area contributed by atoms with Gasteiger partial charge in [-0.1, -0.05) is 13.3 Å². The SMILES string of the molecule is CCC[C@H](C)NC(=O)[C@H]1CCCN(c2ncccn2)C1. The maximum atomic E-state index is 12.3. The van der Waals surface area contributed by atoms with Gasteiger partial charge < -0.3 is 10.2 Å². The van der Waals surface area contributed by atoms with E-state index in [1.807, 2.05) is 6.07 Å². The molecule has 0 bridgehead atoms. The molecule has 1 saturated heterocycles. The van der Waals surface area contributed by atoms with Gasteiger partial charge in [0.1, 0.15) is 0 Å². The minimum atomic E-state index is 0.0480. The lowest BCUT2D eigenvalue weighted by atomic mass is 9.97. The number of nitrogens with zero attached hydrogens (tertiary/aromatic N) is 3. The minimum Gasteiger partial charge on any atom is -0.353 e. The minimum absolute atomic E-state index is 0.0480. The molecule has 0 radical (unpaired) electrons. The Kier molecular flexibility index (Phi) is 5.32. The highest BCUT2D eigenvalue weighted by Crippen LogP contribution is 2.20. The van der Waals surface area contributed by atoms with Crippen LogP contribution in [0.15, 0.2) is 18.5 Å². The number of piperidine rings is 1. The third-order valence-electron chi connectivity index (χ3n) is 3.74. The van der Waals surface area contributed by atoms with Gasteiger partial charge in [-0.3, -0.25) is 4.79 Å². The molecule has 0 aromatic carbocycles. The molecule has 1 aromatic heterocycles. The van der Waals surface area contributed by atoms with Crippen molar-refractivity contribution in [1.82, 2.24) is 15.3 Å². The number of hydrogen-bond donors (Lipinski definition) is 1. The van der Waals surface area contributed by atoms with E-state index in [-0.39, 0.29) is 17.9 Å². The van der Waals surface area contributed by atoms with E-state index in [0.717, 1.165) is 38.2 Å². The summed E-state index contributed by atoms with van der Waals surface area (Å²) in [6, 6.07) is 2.07. The Hall–Kier alpha value is -1.65. The van der Waals surface area contributed by atoms with Crippen LogP contribution in [0.1, 0.15) is 39.5 Å². The predicted molar refractivity (Wildman–Crippen MR) is 79.5 cm³/mol. The summed E-state index contributed by atoms with van der Waals surface area (Å²) in [6.45, 7) is 5.85. The standard InChI is InChI=1S/C15H24N4O/c1-3-6-12(2)18-14(20)13-7-4-10-19(11-13)15-16-8-5-9-17-15/h5,8-9,12-13H,3-4,6-7,10-11H2,1-2H3,(H,18,20)/t12-,13-/m0/s1. The highest BCUT2D eigenvalue weighted by molar-refractivity contribution is 5.79. The average Bonchev–Trinajstić information content (AvgIpc) is 2.48. The van der Waals surface area contributed by atoms with Gasteiger partial charge in [-0.05, 0) is 32.3 Å². The van der Waals surface area contributed by atoms with Crippen molar-refractivity contribution in [2.75, 3.05) is 18.0 Å². The van der Waals surface area contributed by atoms with E-state index >= 15 is 0 Å². The maximum Gasteiger partial charge on any atom is 0.225 e. The van der Waals surface area contributed by atoms with Gasteiger partial charge in [0.15, 0.2) is 0 Å². The largest absolute Gasteiger partial charge is 0.353 e. The summed E-state index contributed by atoms with van der Waals surface area (Å²) in [4.78, 5) is 22.9. The maximum absolute atomic E-state index is 12.3. The van der Waals surface area contributed by atoms with E-state index in [4.69, 9.17) is 0 Å². The van der Waals surface area contributed by atoms with Crippen LogP contribution in [0.25, 0.3) is 0 Å². The van der Waals surface area contributed by atoms with Crippen LogP contribution in [0.4, 0.5) is 5.95 Å². The van der Waals surface area contributed by atoms with Crippen LogP contribution >= 0.6 is 0 Å².